The quantitative estimate of drug-likeness (QED) is 0.346. The molecular weight excluding hydrogens is 453 g/mol. The van der Waals surface area contributed by atoms with Gasteiger partial charge >= 0.3 is 0 Å². The minimum Gasteiger partial charge on any atom is -0.493 e. The molecule has 1 fully saturated rings. The number of aromatic nitrogens is 1. The molecule has 1 aliphatic rings. The number of nitrogens with two attached hydrogens (primary N) is 1. The van der Waals surface area contributed by atoms with Crippen molar-refractivity contribution in [1.29, 1.82) is 0 Å². The Labute approximate surface area is 211 Å². The maximum Gasteiger partial charge on any atom is 0.162 e. The van der Waals surface area contributed by atoms with Crippen LogP contribution in [0, 0.1) is 5.82 Å². The van der Waals surface area contributed by atoms with Gasteiger partial charge in [-0.15, -0.1) is 0 Å². The number of anilines is 1. The molecule has 3 aromatic carbocycles. The van der Waals surface area contributed by atoms with Crippen LogP contribution in [0.5, 0.6) is 11.5 Å². The van der Waals surface area contributed by atoms with Crippen molar-refractivity contribution < 1.29 is 13.9 Å². The fourth-order valence-electron chi connectivity index (χ4n) is 4.56. The normalized spacial score (nSPS) is 14.0. The summed E-state index contributed by atoms with van der Waals surface area (Å²) in [5.74, 6) is 1.88. The molecule has 1 aliphatic heterocycles. The molecule has 0 unspecified atom stereocenters. The van der Waals surface area contributed by atoms with Crippen LogP contribution in [-0.2, 0) is 6.61 Å². The highest BCUT2D eigenvalue weighted by atomic mass is 19.1. The topological polar surface area (TPSA) is 60.6 Å². The van der Waals surface area contributed by atoms with E-state index in [0.29, 0.717) is 18.1 Å². The Morgan fingerprint density at radius 3 is 2.42 bits per heavy atom. The highest BCUT2D eigenvalue weighted by molar-refractivity contribution is 5.85. The van der Waals surface area contributed by atoms with Gasteiger partial charge in [0.05, 0.1) is 7.11 Å². The Bertz CT molecular complexity index is 1320. The highest BCUT2D eigenvalue weighted by Gasteiger charge is 2.20. The number of hydrogen-bond donors (Lipinski definition) is 1. The van der Waals surface area contributed by atoms with Crippen molar-refractivity contribution in [3.63, 3.8) is 0 Å². The second-order valence-corrected chi connectivity index (χ2v) is 9.06. The summed E-state index contributed by atoms with van der Waals surface area (Å²) in [6, 6.07) is 24.8. The van der Waals surface area contributed by atoms with Gasteiger partial charge in [-0.05, 0) is 65.4 Å². The van der Waals surface area contributed by atoms with Crippen molar-refractivity contribution >= 4 is 5.82 Å². The summed E-state index contributed by atoms with van der Waals surface area (Å²) in [4.78, 5) is 7.05. The first-order valence-electron chi connectivity index (χ1n) is 12.2. The molecule has 0 radical (unpaired) electrons. The van der Waals surface area contributed by atoms with Crippen LogP contribution in [0.3, 0.4) is 0 Å². The molecule has 184 valence electrons. The van der Waals surface area contributed by atoms with Crippen molar-refractivity contribution in [2.24, 2.45) is 5.73 Å². The van der Waals surface area contributed by atoms with E-state index in [1.54, 1.807) is 19.2 Å². The molecule has 0 saturated carbocycles. The average molecular weight is 484 g/mol. The lowest BCUT2D eigenvalue weighted by atomic mass is 9.95. The number of pyridine rings is 1. The van der Waals surface area contributed by atoms with Crippen LogP contribution in [-0.4, -0.2) is 31.2 Å². The van der Waals surface area contributed by atoms with Crippen LogP contribution < -0.4 is 20.1 Å². The maximum absolute atomic E-state index is 14.2. The number of halogens is 1. The van der Waals surface area contributed by atoms with Gasteiger partial charge in [0.2, 0.25) is 0 Å². The van der Waals surface area contributed by atoms with Crippen LogP contribution in [0.1, 0.15) is 18.4 Å². The fourth-order valence-corrected chi connectivity index (χ4v) is 4.56. The van der Waals surface area contributed by atoms with Gasteiger partial charge in [-0.3, -0.25) is 0 Å². The summed E-state index contributed by atoms with van der Waals surface area (Å²) in [6.07, 6.45) is 3.73. The Morgan fingerprint density at radius 1 is 0.889 bits per heavy atom. The monoisotopic (exact) mass is 483 g/mol. The number of nitrogens with zero attached hydrogens (tertiary/aromatic N) is 2. The van der Waals surface area contributed by atoms with Crippen molar-refractivity contribution in [3.05, 3.63) is 96.4 Å². The third kappa shape index (κ3) is 5.34. The Kier molecular flexibility index (Phi) is 7.14. The van der Waals surface area contributed by atoms with Gasteiger partial charge in [0.1, 0.15) is 18.2 Å². The second kappa shape index (κ2) is 10.8. The van der Waals surface area contributed by atoms with Crippen molar-refractivity contribution in [2.75, 3.05) is 25.1 Å². The lowest BCUT2D eigenvalue weighted by molar-refractivity contribution is 0.284. The van der Waals surface area contributed by atoms with Crippen LogP contribution in [0.25, 0.3) is 22.3 Å². The Morgan fingerprint density at radius 2 is 1.67 bits per heavy atom. The van der Waals surface area contributed by atoms with Gasteiger partial charge in [0, 0.05) is 30.9 Å². The Balaban J connectivity index is 1.53. The summed E-state index contributed by atoms with van der Waals surface area (Å²) in [6.45, 7) is 2.14. The summed E-state index contributed by atoms with van der Waals surface area (Å²) in [5, 5.41) is 0. The van der Waals surface area contributed by atoms with E-state index in [9.17, 15) is 4.39 Å². The predicted octanol–water partition coefficient (Wildman–Crippen LogP) is 6.07. The third-order valence-electron chi connectivity index (χ3n) is 6.60. The first kappa shape index (κ1) is 23.8. The summed E-state index contributed by atoms with van der Waals surface area (Å²) >= 11 is 0. The zero-order valence-electron chi connectivity index (χ0n) is 20.4. The molecule has 0 amide bonds. The van der Waals surface area contributed by atoms with E-state index in [4.69, 9.17) is 20.2 Å². The van der Waals surface area contributed by atoms with Crippen LogP contribution in [0.4, 0.5) is 10.2 Å². The predicted molar refractivity (Wildman–Crippen MR) is 142 cm³/mol. The SMILES string of the molecule is COc1ccc(-c2cnc(N3CCC(N)CC3)cc2-c2cccc(F)c2)cc1OCc1ccccc1. The zero-order chi connectivity index (χ0) is 24.9. The van der Waals surface area contributed by atoms with E-state index < -0.39 is 0 Å². The lowest BCUT2D eigenvalue weighted by Gasteiger charge is -2.31. The van der Waals surface area contributed by atoms with Crippen LogP contribution in [0.15, 0.2) is 85.1 Å². The van der Waals surface area contributed by atoms with E-state index >= 15 is 0 Å². The summed E-state index contributed by atoms with van der Waals surface area (Å²) in [7, 11) is 1.63. The highest BCUT2D eigenvalue weighted by Crippen LogP contribution is 2.39. The number of benzene rings is 3. The van der Waals surface area contributed by atoms with E-state index in [1.165, 1.54) is 6.07 Å². The van der Waals surface area contributed by atoms with Gasteiger partial charge in [-0.2, -0.15) is 0 Å². The molecule has 0 aliphatic carbocycles. The molecule has 4 aromatic rings. The van der Waals surface area contributed by atoms with Gasteiger partial charge in [-0.25, -0.2) is 9.37 Å². The first-order chi connectivity index (χ1) is 17.6. The summed E-state index contributed by atoms with van der Waals surface area (Å²) < 4.78 is 25.9. The molecule has 2 heterocycles. The molecule has 5 rings (SSSR count). The standard InChI is InChI=1S/C30H30FN3O2/c1-35-28-11-10-23(17-29(28)36-20-21-6-3-2-4-7-21)27-19-33-30(34-14-12-25(32)13-15-34)18-26(27)22-8-5-9-24(31)16-22/h2-11,16-19,25H,12-15,20,32H2,1H3. The van der Waals surface area contributed by atoms with Gasteiger partial charge in [0.15, 0.2) is 11.5 Å². The maximum atomic E-state index is 14.2. The van der Waals surface area contributed by atoms with Crippen LogP contribution in [0.2, 0.25) is 0 Å². The van der Waals surface area contributed by atoms with Crippen molar-refractivity contribution in [1.82, 2.24) is 4.98 Å². The lowest BCUT2D eigenvalue weighted by Crippen LogP contribution is -2.40. The minimum atomic E-state index is -0.276. The van der Waals surface area contributed by atoms with E-state index in [0.717, 1.165) is 59.6 Å². The average Bonchev–Trinajstić information content (AvgIpc) is 2.92. The van der Waals surface area contributed by atoms with Crippen molar-refractivity contribution in [2.45, 2.75) is 25.5 Å². The number of rotatable bonds is 7. The number of hydrogen-bond acceptors (Lipinski definition) is 5. The molecule has 0 bridgehead atoms. The first-order valence-corrected chi connectivity index (χ1v) is 12.2. The largest absolute Gasteiger partial charge is 0.493 e. The number of piperidine rings is 1. The number of ether oxygens (including phenoxy) is 2. The fraction of sp³-hybridized carbons (Fsp3) is 0.233. The summed E-state index contributed by atoms with van der Waals surface area (Å²) in [5.41, 5.74) is 10.7. The molecule has 6 heteroatoms. The van der Waals surface area contributed by atoms with E-state index in [1.807, 2.05) is 60.8 Å². The molecule has 2 N–H and O–H groups in total. The molecule has 0 spiro atoms. The minimum absolute atomic E-state index is 0.233. The number of methoxy groups -OCH3 is 1. The molecule has 0 atom stereocenters. The van der Waals surface area contributed by atoms with Crippen molar-refractivity contribution in [3.8, 4) is 33.8 Å². The van der Waals surface area contributed by atoms with Gasteiger partial charge in [0.25, 0.3) is 0 Å². The van der Waals surface area contributed by atoms with Crippen LogP contribution >= 0.6 is 0 Å². The van der Waals surface area contributed by atoms with E-state index in [-0.39, 0.29) is 11.9 Å². The molecule has 5 nitrogen and oxygen atoms in total. The smallest absolute Gasteiger partial charge is 0.162 e. The third-order valence-corrected chi connectivity index (χ3v) is 6.60. The van der Waals surface area contributed by atoms with E-state index in [2.05, 4.69) is 11.0 Å². The molecule has 1 saturated heterocycles. The van der Waals surface area contributed by atoms with Gasteiger partial charge in [-0.1, -0.05) is 48.5 Å². The Hall–Kier alpha value is -3.90. The molecule has 36 heavy (non-hydrogen) atoms. The van der Waals surface area contributed by atoms with Gasteiger partial charge < -0.3 is 20.1 Å². The zero-order valence-corrected chi connectivity index (χ0v) is 20.4. The molecular formula is C30H30FN3O2. The second-order valence-electron chi connectivity index (χ2n) is 9.06. The molecule has 1 aromatic heterocycles.